The first kappa shape index (κ1) is 21.3. The van der Waals surface area contributed by atoms with E-state index in [0.29, 0.717) is 12.1 Å². The van der Waals surface area contributed by atoms with Gasteiger partial charge in [-0.25, -0.2) is 9.20 Å². The van der Waals surface area contributed by atoms with Crippen LogP contribution in [0.15, 0.2) is 71.8 Å². The number of nitrogens with zero attached hydrogens (tertiary/aromatic N) is 5. The normalized spacial score (nSPS) is 14.5. The molecule has 1 aliphatic heterocycles. The first-order valence-corrected chi connectivity index (χ1v) is 10.6. The summed E-state index contributed by atoms with van der Waals surface area (Å²) in [4.78, 5) is 15.8. The van der Waals surface area contributed by atoms with Crippen molar-refractivity contribution in [2.75, 3.05) is 19.6 Å². The fraction of sp³-hybridized carbons (Fsp3) is 0.292. The molecule has 0 unspecified atom stereocenters. The molecule has 1 aliphatic rings. The van der Waals surface area contributed by atoms with Crippen molar-refractivity contribution in [1.29, 1.82) is 0 Å². The van der Waals surface area contributed by atoms with Crippen molar-refractivity contribution < 1.29 is 0 Å². The predicted molar refractivity (Wildman–Crippen MR) is 126 cm³/mol. The second-order valence-electron chi connectivity index (χ2n) is 7.80. The smallest absolute Gasteiger partial charge is 0.274 e. The van der Waals surface area contributed by atoms with Gasteiger partial charge in [0.2, 0.25) is 0 Å². The second-order valence-corrected chi connectivity index (χ2v) is 7.80. The van der Waals surface area contributed by atoms with Crippen LogP contribution >= 0.6 is 12.4 Å². The number of likely N-dealkylation sites (tertiary alicyclic amines) is 1. The molecular formula is C24H26ClN5O. The van der Waals surface area contributed by atoms with Crippen LogP contribution in [0.5, 0.6) is 0 Å². The van der Waals surface area contributed by atoms with Crippen LogP contribution in [0.3, 0.4) is 0 Å². The zero-order chi connectivity index (χ0) is 20.3. The minimum atomic E-state index is -0.0644. The summed E-state index contributed by atoms with van der Waals surface area (Å²) >= 11 is 0. The molecular weight excluding hydrogens is 410 g/mol. The molecule has 0 amide bonds. The van der Waals surface area contributed by atoms with Gasteiger partial charge < -0.3 is 4.90 Å². The fourth-order valence-corrected chi connectivity index (χ4v) is 4.28. The van der Waals surface area contributed by atoms with E-state index in [9.17, 15) is 4.79 Å². The number of hydrogen-bond donors (Lipinski definition) is 0. The number of fused-ring (bicyclic) bond motifs is 1. The Morgan fingerprint density at radius 1 is 0.871 bits per heavy atom. The van der Waals surface area contributed by atoms with Crippen LogP contribution in [0.1, 0.15) is 19.3 Å². The first-order chi connectivity index (χ1) is 14.8. The standard InChI is InChI=1S/C24H25N5O.ClH/c30-24-20(12-13-25-29(24)18-17-27-14-6-2-7-15-27)22-21-11-5-8-16-28(21)26-23(22)19-9-3-1-4-10-19;/h1,3-5,8-13,16H,2,6-7,14-15,17-18H2;1H. The maximum atomic E-state index is 13.4. The summed E-state index contributed by atoms with van der Waals surface area (Å²) in [6.07, 6.45) is 7.44. The molecule has 0 saturated carbocycles. The quantitative estimate of drug-likeness (QED) is 0.473. The first-order valence-electron chi connectivity index (χ1n) is 10.6. The van der Waals surface area contributed by atoms with E-state index in [1.807, 2.05) is 65.3 Å². The number of hydrogen-bond acceptors (Lipinski definition) is 4. The van der Waals surface area contributed by atoms with Crippen molar-refractivity contribution in [2.45, 2.75) is 25.8 Å². The van der Waals surface area contributed by atoms with E-state index in [4.69, 9.17) is 5.10 Å². The molecule has 3 aromatic heterocycles. The lowest BCUT2D eigenvalue weighted by molar-refractivity contribution is 0.216. The van der Waals surface area contributed by atoms with Crippen molar-refractivity contribution in [1.82, 2.24) is 24.3 Å². The van der Waals surface area contributed by atoms with E-state index in [1.54, 1.807) is 10.9 Å². The molecule has 0 bridgehead atoms. The maximum Gasteiger partial charge on any atom is 0.274 e. The van der Waals surface area contributed by atoms with Crippen LogP contribution in [0.25, 0.3) is 27.9 Å². The molecule has 4 aromatic rings. The van der Waals surface area contributed by atoms with Gasteiger partial charge in [0.1, 0.15) is 5.69 Å². The Morgan fingerprint density at radius 2 is 1.65 bits per heavy atom. The number of benzene rings is 1. The predicted octanol–water partition coefficient (Wildman–Crippen LogP) is 4.13. The van der Waals surface area contributed by atoms with Crippen molar-refractivity contribution >= 4 is 17.9 Å². The summed E-state index contributed by atoms with van der Waals surface area (Å²) in [5, 5.41) is 9.16. The molecule has 5 rings (SSSR count). The second kappa shape index (κ2) is 9.45. The molecule has 0 spiro atoms. The molecule has 0 atom stereocenters. The average Bonchev–Trinajstić information content (AvgIpc) is 3.19. The molecule has 1 aromatic carbocycles. The summed E-state index contributed by atoms with van der Waals surface area (Å²) < 4.78 is 3.45. The Hall–Kier alpha value is -2.96. The van der Waals surface area contributed by atoms with E-state index >= 15 is 0 Å². The van der Waals surface area contributed by atoms with E-state index in [-0.39, 0.29) is 18.0 Å². The van der Waals surface area contributed by atoms with Crippen molar-refractivity contribution in [3.05, 3.63) is 77.3 Å². The van der Waals surface area contributed by atoms with E-state index in [0.717, 1.165) is 42.0 Å². The van der Waals surface area contributed by atoms with Gasteiger partial charge in [0.05, 0.1) is 17.6 Å². The topological polar surface area (TPSA) is 55.4 Å². The van der Waals surface area contributed by atoms with Gasteiger partial charge in [-0.2, -0.15) is 10.2 Å². The summed E-state index contributed by atoms with van der Waals surface area (Å²) in [6, 6.07) is 17.8. The van der Waals surface area contributed by atoms with Crippen LogP contribution in [0.2, 0.25) is 0 Å². The number of piperidine rings is 1. The van der Waals surface area contributed by atoms with Crippen LogP contribution in [0.4, 0.5) is 0 Å². The van der Waals surface area contributed by atoms with E-state index < -0.39 is 0 Å². The summed E-state index contributed by atoms with van der Waals surface area (Å²) in [5.41, 5.74) is 4.16. The Bertz CT molecular complexity index is 1210. The van der Waals surface area contributed by atoms with Crippen molar-refractivity contribution in [3.63, 3.8) is 0 Å². The van der Waals surface area contributed by atoms with Crippen LogP contribution in [-0.2, 0) is 6.54 Å². The maximum absolute atomic E-state index is 13.4. The summed E-state index contributed by atoms with van der Waals surface area (Å²) in [6.45, 7) is 3.69. The molecule has 6 nitrogen and oxygen atoms in total. The van der Waals surface area contributed by atoms with Crippen molar-refractivity contribution in [2.24, 2.45) is 0 Å². The van der Waals surface area contributed by atoms with Gasteiger partial charge in [-0.05, 0) is 44.1 Å². The SMILES string of the molecule is Cl.O=c1c(-c2c(-c3ccccc3)nn3ccccc23)ccnn1CCN1CCCCC1. The molecule has 160 valence electrons. The van der Waals surface area contributed by atoms with Crippen LogP contribution in [-0.4, -0.2) is 43.9 Å². The molecule has 0 radical (unpaired) electrons. The lowest BCUT2D eigenvalue weighted by atomic mass is 10.0. The highest BCUT2D eigenvalue weighted by molar-refractivity contribution is 5.91. The Labute approximate surface area is 187 Å². The summed E-state index contributed by atoms with van der Waals surface area (Å²) in [5.74, 6) is 0. The van der Waals surface area contributed by atoms with Gasteiger partial charge in [0.25, 0.3) is 5.56 Å². The Kier molecular flexibility index (Phi) is 6.49. The minimum Gasteiger partial charge on any atom is -0.301 e. The molecule has 1 saturated heterocycles. The fourth-order valence-electron chi connectivity index (χ4n) is 4.28. The third kappa shape index (κ3) is 4.27. The van der Waals surface area contributed by atoms with E-state index in [2.05, 4.69) is 10.00 Å². The number of halogens is 1. The van der Waals surface area contributed by atoms with Gasteiger partial charge in [0.15, 0.2) is 0 Å². The monoisotopic (exact) mass is 435 g/mol. The lowest BCUT2D eigenvalue weighted by Gasteiger charge is -2.26. The Balaban J connectivity index is 0.00000231. The zero-order valence-corrected chi connectivity index (χ0v) is 18.2. The highest BCUT2D eigenvalue weighted by Gasteiger charge is 2.20. The van der Waals surface area contributed by atoms with E-state index in [1.165, 1.54) is 19.3 Å². The zero-order valence-electron chi connectivity index (χ0n) is 17.4. The molecule has 7 heteroatoms. The molecule has 0 aliphatic carbocycles. The minimum absolute atomic E-state index is 0. The highest BCUT2D eigenvalue weighted by Crippen LogP contribution is 2.33. The van der Waals surface area contributed by atoms with Crippen LogP contribution < -0.4 is 5.56 Å². The number of aromatic nitrogens is 4. The number of pyridine rings is 1. The third-order valence-corrected chi connectivity index (χ3v) is 5.85. The van der Waals surface area contributed by atoms with Gasteiger partial charge in [-0.15, -0.1) is 12.4 Å². The molecule has 4 heterocycles. The van der Waals surface area contributed by atoms with Crippen molar-refractivity contribution in [3.8, 4) is 22.4 Å². The van der Waals surface area contributed by atoms with Gasteiger partial charge in [-0.1, -0.05) is 42.8 Å². The third-order valence-electron chi connectivity index (χ3n) is 5.85. The largest absolute Gasteiger partial charge is 0.301 e. The molecule has 0 N–H and O–H groups in total. The average molecular weight is 436 g/mol. The van der Waals surface area contributed by atoms with Gasteiger partial charge >= 0.3 is 0 Å². The molecule has 1 fully saturated rings. The summed E-state index contributed by atoms with van der Waals surface area (Å²) in [7, 11) is 0. The lowest BCUT2D eigenvalue weighted by Crippen LogP contribution is -2.35. The highest BCUT2D eigenvalue weighted by atomic mass is 35.5. The van der Waals surface area contributed by atoms with Crippen LogP contribution in [0, 0.1) is 0 Å². The molecule has 31 heavy (non-hydrogen) atoms. The number of rotatable bonds is 5. The van der Waals surface area contributed by atoms with Gasteiger partial charge in [0, 0.05) is 30.1 Å². The Morgan fingerprint density at radius 3 is 2.45 bits per heavy atom. The van der Waals surface area contributed by atoms with Gasteiger partial charge in [-0.3, -0.25) is 4.79 Å².